The van der Waals surface area contributed by atoms with Crippen molar-refractivity contribution in [3.05, 3.63) is 0 Å². The van der Waals surface area contributed by atoms with Crippen molar-refractivity contribution in [1.29, 1.82) is 0 Å². The Hall–Kier alpha value is -2.52. The SMILES string of the molecule is O=C(C(F)(F)C(F)(F)C(F)(F)C(F)(F)C(F)(F)C(F)F)S(=O)(=O)OCCCCOS(=O)(=O)C(=O)C(F)(F)C(F)(F)C(F)(F)C(F)(F)C(F)(F)C(F)F. The molecular formula is C18H10F24O8S2. The van der Waals surface area contributed by atoms with Gasteiger partial charge in [0.1, 0.15) is 0 Å². The van der Waals surface area contributed by atoms with Crippen LogP contribution in [0.1, 0.15) is 12.8 Å². The number of carbonyl (C=O) groups excluding carboxylic acids is 2. The van der Waals surface area contributed by atoms with Gasteiger partial charge >= 0.3 is 103 Å². The summed E-state index contributed by atoms with van der Waals surface area (Å²) in [4.78, 5) is 22.6. The minimum Gasteiger partial charge on any atom is -0.272 e. The lowest BCUT2D eigenvalue weighted by Gasteiger charge is -2.38. The van der Waals surface area contributed by atoms with Crippen molar-refractivity contribution in [3.63, 3.8) is 0 Å². The normalized spacial score (nSPS) is 15.8. The van der Waals surface area contributed by atoms with Crippen LogP contribution >= 0.6 is 0 Å². The van der Waals surface area contributed by atoms with Gasteiger partial charge in [-0.3, -0.25) is 18.0 Å². The van der Waals surface area contributed by atoms with Gasteiger partial charge in [0.25, 0.3) is 0 Å². The molecule has 0 aromatic heterocycles. The molecule has 0 N–H and O–H groups in total. The van der Waals surface area contributed by atoms with Crippen LogP contribution in [0.15, 0.2) is 0 Å². The first-order chi connectivity index (χ1) is 22.4. The van der Waals surface area contributed by atoms with Gasteiger partial charge in [-0.1, -0.05) is 0 Å². The average molecular weight is 874 g/mol. The van der Waals surface area contributed by atoms with E-state index >= 15 is 0 Å². The number of alkyl halides is 24. The first-order valence-corrected chi connectivity index (χ1v) is 14.4. The molecule has 0 saturated carbocycles. The molecule has 8 nitrogen and oxygen atoms in total. The Bertz CT molecular complexity index is 1430. The highest BCUT2D eigenvalue weighted by Gasteiger charge is 2.91. The smallest absolute Gasteiger partial charge is 0.272 e. The first kappa shape index (κ1) is 49.5. The summed E-state index contributed by atoms with van der Waals surface area (Å²) >= 11 is 0. The van der Waals surface area contributed by atoms with Gasteiger partial charge < -0.3 is 0 Å². The van der Waals surface area contributed by atoms with Crippen LogP contribution in [0.4, 0.5) is 105 Å². The largest absolute Gasteiger partial charge is 0.391 e. The third kappa shape index (κ3) is 7.56. The van der Waals surface area contributed by atoms with E-state index in [2.05, 4.69) is 8.37 Å². The van der Waals surface area contributed by atoms with Gasteiger partial charge in [-0.25, -0.2) is 17.6 Å². The molecule has 52 heavy (non-hydrogen) atoms. The van der Waals surface area contributed by atoms with E-state index in [0.29, 0.717) is 0 Å². The van der Waals surface area contributed by atoms with Crippen LogP contribution in [-0.2, 0) is 38.2 Å². The van der Waals surface area contributed by atoms with Crippen molar-refractivity contribution >= 4 is 30.5 Å². The fourth-order valence-electron chi connectivity index (χ4n) is 2.70. The first-order valence-electron chi connectivity index (χ1n) is 11.6. The number of hydrogen-bond acceptors (Lipinski definition) is 8. The summed E-state index contributed by atoms with van der Waals surface area (Å²) in [6, 6.07) is 0. The molecule has 0 atom stereocenters. The Kier molecular flexibility index (Phi) is 13.6. The maximum Gasteiger partial charge on any atom is 0.391 e. The third-order valence-corrected chi connectivity index (χ3v) is 8.11. The standard InChI is InChI=1S/C18H10F24O8S2/c19-5(20)9(23,24)13(31,32)17(39,40)15(35,36)11(27,28)7(43)51(45,46)49-3-1-2-4-50-52(47,48)8(44)12(29,30)16(37,38)18(41,42)14(33,34)10(25,26)6(21)22/h5-6H,1-4H2. The van der Waals surface area contributed by atoms with E-state index in [-0.39, 0.29) is 0 Å². The summed E-state index contributed by atoms with van der Waals surface area (Å²) in [5.74, 6) is -80.3. The number of hydrogen-bond donors (Lipinski definition) is 0. The average Bonchev–Trinajstić information content (AvgIpc) is 2.96. The Morgan fingerprint density at radius 2 is 0.615 bits per heavy atom. The predicted molar refractivity (Wildman–Crippen MR) is 110 cm³/mol. The van der Waals surface area contributed by atoms with Crippen LogP contribution in [0.3, 0.4) is 0 Å². The molecule has 34 heteroatoms. The highest BCUT2D eigenvalue weighted by atomic mass is 32.2. The lowest BCUT2D eigenvalue weighted by molar-refractivity contribution is -0.406. The molecule has 0 aliphatic heterocycles. The molecule has 0 aromatic rings. The van der Waals surface area contributed by atoms with Gasteiger partial charge in [0, 0.05) is 0 Å². The van der Waals surface area contributed by atoms with Crippen molar-refractivity contribution in [2.45, 2.75) is 84.9 Å². The molecule has 0 spiro atoms. The zero-order valence-electron chi connectivity index (χ0n) is 23.1. The Morgan fingerprint density at radius 3 is 0.808 bits per heavy atom. The van der Waals surface area contributed by atoms with Crippen molar-refractivity contribution in [2.75, 3.05) is 13.2 Å². The van der Waals surface area contributed by atoms with E-state index < -0.39 is 129 Å². The van der Waals surface area contributed by atoms with E-state index in [9.17, 15) is 132 Å². The highest BCUT2D eigenvalue weighted by molar-refractivity contribution is 8.02. The molecule has 0 radical (unpaired) electrons. The molecule has 0 aromatic carbocycles. The van der Waals surface area contributed by atoms with Gasteiger partial charge in [0.2, 0.25) is 0 Å². The number of rotatable bonds is 19. The molecule has 0 bridgehead atoms. The summed E-state index contributed by atoms with van der Waals surface area (Å²) < 4.78 is 368. The Labute approximate surface area is 269 Å². The summed E-state index contributed by atoms with van der Waals surface area (Å²) in [6.07, 6.45) is -14.9. The second-order valence-electron chi connectivity index (χ2n) is 9.28. The predicted octanol–water partition coefficient (Wildman–Crippen LogP) is 6.40. The summed E-state index contributed by atoms with van der Waals surface area (Å²) in [5.41, 5.74) is 0. The van der Waals surface area contributed by atoms with Crippen LogP contribution in [0, 0.1) is 0 Å². The third-order valence-electron chi connectivity index (χ3n) is 5.73. The molecular weight excluding hydrogens is 864 g/mol. The molecule has 0 amide bonds. The molecule has 0 aliphatic carbocycles. The molecule has 0 heterocycles. The topological polar surface area (TPSA) is 121 Å². The van der Waals surface area contributed by atoms with Crippen molar-refractivity contribution in [2.24, 2.45) is 0 Å². The maximum absolute atomic E-state index is 13.8. The second-order valence-corrected chi connectivity index (χ2v) is 12.3. The van der Waals surface area contributed by atoms with Crippen molar-refractivity contribution < 1.29 is 140 Å². The van der Waals surface area contributed by atoms with E-state index in [1.165, 1.54) is 0 Å². The van der Waals surface area contributed by atoms with Crippen molar-refractivity contribution in [3.8, 4) is 0 Å². The summed E-state index contributed by atoms with van der Waals surface area (Å²) in [5, 5.41) is -9.36. The second kappa shape index (κ2) is 14.3. The molecule has 310 valence electrons. The van der Waals surface area contributed by atoms with E-state index in [4.69, 9.17) is 0 Å². The monoisotopic (exact) mass is 874 g/mol. The summed E-state index contributed by atoms with van der Waals surface area (Å²) in [6.45, 7) is -4.09. The van der Waals surface area contributed by atoms with Gasteiger partial charge in [0.05, 0.1) is 13.2 Å². The minimum atomic E-state index is -8.39. The van der Waals surface area contributed by atoms with E-state index in [0.717, 1.165) is 0 Å². The zero-order chi connectivity index (χ0) is 42.6. The Morgan fingerprint density at radius 1 is 0.404 bits per heavy atom. The van der Waals surface area contributed by atoms with Crippen LogP contribution in [0.5, 0.6) is 0 Å². The van der Waals surface area contributed by atoms with E-state index in [1.54, 1.807) is 0 Å². The Balaban J connectivity index is 5.83. The van der Waals surface area contributed by atoms with Crippen LogP contribution in [-0.4, -0.2) is 112 Å². The van der Waals surface area contributed by atoms with Gasteiger partial charge in [-0.05, 0) is 12.8 Å². The molecule has 0 saturated heterocycles. The lowest BCUT2D eigenvalue weighted by Crippen LogP contribution is -2.70. The van der Waals surface area contributed by atoms with Crippen molar-refractivity contribution in [1.82, 2.24) is 0 Å². The number of halogens is 24. The highest BCUT2D eigenvalue weighted by Crippen LogP contribution is 2.60. The quantitative estimate of drug-likeness (QED) is 0.0832. The van der Waals surface area contributed by atoms with Gasteiger partial charge in [-0.2, -0.15) is 105 Å². The molecule has 0 fully saturated rings. The minimum absolute atomic E-state index is 1.49. The fourth-order valence-corrected chi connectivity index (χ4v) is 4.47. The number of carbonyl (C=O) groups is 2. The maximum atomic E-state index is 13.8. The molecule has 0 aliphatic rings. The van der Waals surface area contributed by atoms with E-state index in [1.807, 2.05) is 0 Å². The molecule has 0 rings (SSSR count). The number of unbranched alkanes of at least 4 members (excludes halogenated alkanes) is 1. The zero-order valence-corrected chi connectivity index (χ0v) is 24.8. The van der Waals surface area contributed by atoms with Gasteiger partial charge in [-0.15, -0.1) is 0 Å². The summed E-state index contributed by atoms with van der Waals surface area (Å²) in [7, 11) is -14.4. The van der Waals surface area contributed by atoms with Crippen LogP contribution < -0.4 is 0 Å². The van der Waals surface area contributed by atoms with Crippen LogP contribution in [0.2, 0.25) is 0 Å². The van der Waals surface area contributed by atoms with Crippen LogP contribution in [0.25, 0.3) is 0 Å². The fraction of sp³-hybridized carbons (Fsp3) is 0.889. The molecule has 0 unspecified atom stereocenters. The van der Waals surface area contributed by atoms with Gasteiger partial charge in [0.15, 0.2) is 0 Å². The lowest BCUT2D eigenvalue weighted by atomic mass is 9.95.